The van der Waals surface area contributed by atoms with Crippen LogP contribution in [-0.4, -0.2) is 12.0 Å². The smallest absolute Gasteiger partial charge is 0.193 e. The first-order valence-corrected chi connectivity index (χ1v) is 7.52. The topological polar surface area (TPSA) is 50.4 Å². The fraction of sp³-hybridized carbons (Fsp3) is 0.278. The molecule has 1 fully saturated rings. The third-order valence-corrected chi connectivity index (χ3v) is 4.05. The lowest BCUT2D eigenvalue weighted by Crippen LogP contribution is -2.31. The minimum absolute atomic E-state index is 0. The Morgan fingerprint density at radius 2 is 1.91 bits per heavy atom. The molecule has 0 unspecified atom stereocenters. The molecular weight excluding hydrogens is 404 g/mol. The lowest BCUT2D eigenvalue weighted by Gasteiger charge is -2.33. The van der Waals surface area contributed by atoms with Crippen molar-refractivity contribution in [2.75, 3.05) is 5.32 Å². The number of halogens is 2. The van der Waals surface area contributed by atoms with E-state index >= 15 is 0 Å². The molecule has 2 aromatic rings. The first-order valence-electron chi connectivity index (χ1n) is 7.52. The van der Waals surface area contributed by atoms with Crippen molar-refractivity contribution < 1.29 is 4.39 Å². The molecule has 0 aliphatic heterocycles. The highest BCUT2D eigenvalue weighted by Crippen LogP contribution is 2.38. The summed E-state index contributed by atoms with van der Waals surface area (Å²) in [6, 6.07) is 15.0. The summed E-state index contributed by atoms with van der Waals surface area (Å²) in [6.45, 7) is 2.04. The Bertz CT molecular complexity index is 696. The zero-order valence-corrected chi connectivity index (χ0v) is 15.3. The minimum Gasteiger partial charge on any atom is -0.370 e. The van der Waals surface area contributed by atoms with Gasteiger partial charge < -0.3 is 11.1 Å². The molecule has 0 spiro atoms. The monoisotopic (exact) mass is 425 g/mol. The summed E-state index contributed by atoms with van der Waals surface area (Å²) in [6.07, 6.45) is 1.83. The van der Waals surface area contributed by atoms with Crippen molar-refractivity contribution in [2.24, 2.45) is 10.7 Å². The Hall–Kier alpha value is -1.63. The van der Waals surface area contributed by atoms with Crippen LogP contribution in [0.25, 0.3) is 0 Å². The summed E-state index contributed by atoms with van der Waals surface area (Å²) in [5.41, 5.74) is 9.13. The van der Waals surface area contributed by atoms with Crippen LogP contribution in [0.3, 0.4) is 0 Å². The molecule has 23 heavy (non-hydrogen) atoms. The van der Waals surface area contributed by atoms with Gasteiger partial charge in [-0.2, -0.15) is 0 Å². The highest BCUT2D eigenvalue weighted by molar-refractivity contribution is 14.0. The molecule has 5 heteroatoms. The quantitative estimate of drug-likeness (QED) is 0.435. The molecule has 3 nitrogen and oxygen atoms in total. The molecule has 0 atom stereocenters. The Morgan fingerprint density at radius 1 is 1.17 bits per heavy atom. The van der Waals surface area contributed by atoms with Crippen LogP contribution in [0.4, 0.5) is 10.1 Å². The summed E-state index contributed by atoms with van der Waals surface area (Å²) >= 11 is 0. The van der Waals surface area contributed by atoms with Crippen molar-refractivity contribution in [1.82, 2.24) is 0 Å². The third kappa shape index (κ3) is 4.67. The number of benzene rings is 2. The molecule has 0 heterocycles. The molecule has 0 radical (unpaired) electrons. The van der Waals surface area contributed by atoms with Gasteiger partial charge >= 0.3 is 0 Å². The van der Waals surface area contributed by atoms with Crippen molar-refractivity contribution in [3.05, 3.63) is 65.5 Å². The lowest BCUT2D eigenvalue weighted by atomic mass is 9.76. The second-order valence-corrected chi connectivity index (χ2v) is 5.89. The molecule has 0 aromatic heterocycles. The van der Waals surface area contributed by atoms with Crippen molar-refractivity contribution in [3.8, 4) is 0 Å². The van der Waals surface area contributed by atoms with Gasteiger partial charge in [0.2, 0.25) is 0 Å². The minimum atomic E-state index is -0.176. The zero-order valence-electron chi connectivity index (χ0n) is 13.0. The SMILES string of the molecule is Cc1cccc(NC(N)=NC2CC(c3cccc(F)c3)C2)c1.I. The standard InChI is InChI=1S/C18H20FN3.HI/c1-12-4-2-7-16(8-12)21-18(20)22-17-10-14(11-17)13-5-3-6-15(19)9-13;/h2-9,14,17H,10-11H2,1H3,(H3,20,21,22);1H. The second kappa shape index (κ2) is 7.77. The number of nitrogens with one attached hydrogen (secondary N) is 1. The summed E-state index contributed by atoms with van der Waals surface area (Å²) in [4.78, 5) is 4.49. The Kier molecular flexibility index (Phi) is 5.98. The highest BCUT2D eigenvalue weighted by atomic mass is 127. The number of hydrogen-bond donors (Lipinski definition) is 2. The van der Waals surface area contributed by atoms with Crippen LogP contribution in [0.2, 0.25) is 0 Å². The number of anilines is 1. The molecule has 0 amide bonds. The molecule has 1 saturated carbocycles. The van der Waals surface area contributed by atoms with Crippen molar-refractivity contribution >= 4 is 35.6 Å². The maximum absolute atomic E-state index is 13.2. The molecule has 0 saturated heterocycles. The second-order valence-electron chi connectivity index (χ2n) is 5.89. The summed E-state index contributed by atoms with van der Waals surface area (Å²) in [5.74, 6) is 0.648. The Balaban J connectivity index is 0.00000192. The highest BCUT2D eigenvalue weighted by Gasteiger charge is 2.30. The molecule has 3 N–H and O–H groups in total. The van der Waals surface area contributed by atoms with Gasteiger partial charge in [0.05, 0.1) is 6.04 Å². The average Bonchev–Trinajstić information content (AvgIpc) is 2.42. The van der Waals surface area contributed by atoms with Gasteiger partial charge in [0, 0.05) is 5.69 Å². The van der Waals surface area contributed by atoms with Gasteiger partial charge in [-0.25, -0.2) is 9.38 Å². The van der Waals surface area contributed by atoms with Crippen LogP contribution in [0.15, 0.2) is 53.5 Å². The Labute approximate surface area is 153 Å². The van der Waals surface area contributed by atoms with Gasteiger partial charge in [-0.05, 0) is 61.1 Å². The Morgan fingerprint density at radius 3 is 2.61 bits per heavy atom. The van der Waals surface area contributed by atoms with Crippen LogP contribution in [0.1, 0.15) is 29.9 Å². The van der Waals surface area contributed by atoms with E-state index in [0.717, 1.165) is 24.1 Å². The molecule has 122 valence electrons. The number of aryl methyl sites for hydroxylation is 1. The molecule has 3 rings (SSSR count). The number of hydrogen-bond acceptors (Lipinski definition) is 1. The molecule has 1 aliphatic carbocycles. The van der Waals surface area contributed by atoms with Gasteiger partial charge in [0.25, 0.3) is 0 Å². The van der Waals surface area contributed by atoms with E-state index in [2.05, 4.69) is 10.3 Å². The van der Waals surface area contributed by atoms with E-state index in [-0.39, 0.29) is 35.8 Å². The fourth-order valence-electron chi connectivity index (χ4n) is 2.83. The number of aliphatic imine (C=N–C) groups is 1. The van der Waals surface area contributed by atoms with E-state index in [1.165, 1.54) is 11.6 Å². The number of guanidine groups is 1. The summed E-state index contributed by atoms with van der Waals surface area (Å²) < 4.78 is 13.2. The van der Waals surface area contributed by atoms with Gasteiger partial charge in [0.1, 0.15) is 5.82 Å². The van der Waals surface area contributed by atoms with Crippen molar-refractivity contribution in [1.29, 1.82) is 0 Å². The van der Waals surface area contributed by atoms with E-state index in [4.69, 9.17) is 5.73 Å². The maximum Gasteiger partial charge on any atom is 0.193 e. The van der Waals surface area contributed by atoms with Crippen molar-refractivity contribution in [2.45, 2.75) is 31.7 Å². The maximum atomic E-state index is 13.2. The van der Waals surface area contributed by atoms with Gasteiger partial charge in [-0.15, -0.1) is 24.0 Å². The first-order chi connectivity index (χ1) is 10.6. The third-order valence-electron chi connectivity index (χ3n) is 4.05. The van der Waals surface area contributed by atoms with Crippen LogP contribution < -0.4 is 11.1 Å². The van der Waals surface area contributed by atoms with Crippen LogP contribution in [0, 0.1) is 12.7 Å². The average molecular weight is 425 g/mol. The summed E-state index contributed by atoms with van der Waals surface area (Å²) in [5, 5.41) is 3.11. The lowest BCUT2D eigenvalue weighted by molar-refractivity contribution is 0.352. The fourth-order valence-corrected chi connectivity index (χ4v) is 2.83. The van der Waals surface area contributed by atoms with Gasteiger partial charge in [-0.1, -0.05) is 24.3 Å². The van der Waals surface area contributed by atoms with E-state index in [9.17, 15) is 4.39 Å². The van der Waals surface area contributed by atoms with E-state index in [0.29, 0.717) is 11.9 Å². The van der Waals surface area contributed by atoms with E-state index < -0.39 is 0 Å². The zero-order chi connectivity index (χ0) is 15.5. The molecular formula is C18H21FIN3. The number of rotatable bonds is 3. The van der Waals surface area contributed by atoms with Crippen LogP contribution >= 0.6 is 24.0 Å². The van der Waals surface area contributed by atoms with E-state index in [1.807, 2.05) is 37.3 Å². The molecule has 2 aromatic carbocycles. The molecule has 1 aliphatic rings. The first kappa shape index (κ1) is 17.7. The van der Waals surface area contributed by atoms with Gasteiger partial charge in [-0.3, -0.25) is 0 Å². The van der Waals surface area contributed by atoms with Crippen LogP contribution in [-0.2, 0) is 0 Å². The normalized spacial score (nSPS) is 20.3. The summed E-state index contributed by atoms with van der Waals surface area (Å²) in [7, 11) is 0. The largest absolute Gasteiger partial charge is 0.370 e. The van der Waals surface area contributed by atoms with Crippen LogP contribution in [0.5, 0.6) is 0 Å². The van der Waals surface area contributed by atoms with Gasteiger partial charge in [0.15, 0.2) is 5.96 Å². The molecule has 0 bridgehead atoms. The predicted octanol–water partition coefficient (Wildman–Crippen LogP) is 4.42. The van der Waals surface area contributed by atoms with Crippen molar-refractivity contribution in [3.63, 3.8) is 0 Å². The predicted molar refractivity (Wildman–Crippen MR) is 104 cm³/mol. The number of nitrogens with two attached hydrogens (primary N) is 1. The number of nitrogens with zero attached hydrogens (tertiary/aromatic N) is 1. The van der Waals surface area contributed by atoms with E-state index in [1.54, 1.807) is 12.1 Å².